The first-order valence-corrected chi connectivity index (χ1v) is 13.0. The molecule has 7 nitrogen and oxygen atoms in total. The molecule has 4 aliphatic rings. The Balaban J connectivity index is 1.49. The molecule has 0 saturated heterocycles. The normalized spacial score (nSPS) is 47.7. The fraction of sp³-hybridized carbons (Fsp3) is 0.923. The summed E-state index contributed by atoms with van der Waals surface area (Å²) in [6, 6.07) is 0. The Labute approximate surface area is 197 Å². The first kappa shape index (κ1) is 24.9. The van der Waals surface area contributed by atoms with Crippen LogP contribution in [0.2, 0.25) is 0 Å². The number of carbonyl (C=O) groups excluding carboxylic acids is 1. The first-order valence-electron chi connectivity index (χ1n) is 13.0. The van der Waals surface area contributed by atoms with Crippen LogP contribution in [0, 0.1) is 46.3 Å². The molecule has 0 heterocycles. The van der Waals surface area contributed by atoms with Crippen molar-refractivity contribution in [3.8, 4) is 0 Å². The highest BCUT2D eigenvalue weighted by atomic mass is 16.4. The van der Waals surface area contributed by atoms with Crippen molar-refractivity contribution in [2.24, 2.45) is 46.3 Å². The van der Waals surface area contributed by atoms with Crippen molar-refractivity contribution in [3.63, 3.8) is 0 Å². The minimum Gasteiger partial charge on any atom is -0.480 e. The molecule has 11 atom stereocenters. The van der Waals surface area contributed by atoms with E-state index < -0.39 is 12.1 Å². The Kier molecular flexibility index (Phi) is 6.89. The second kappa shape index (κ2) is 9.12. The second-order valence-corrected chi connectivity index (χ2v) is 12.2. The number of nitrogens with one attached hydrogen (secondary N) is 1. The minimum atomic E-state index is -1.04. The summed E-state index contributed by atoms with van der Waals surface area (Å²) in [5.74, 6) is 0.265. The van der Waals surface area contributed by atoms with Crippen molar-refractivity contribution < 1.29 is 30.0 Å². The van der Waals surface area contributed by atoms with Gasteiger partial charge in [-0.3, -0.25) is 9.59 Å². The highest BCUT2D eigenvalue weighted by Gasteiger charge is 2.65. The number of hydrogen-bond donors (Lipinski definition) is 5. The highest BCUT2D eigenvalue weighted by molar-refractivity contribution is 5.81. The molecule has 33 heavy (non-hydrogen) atoms. The number of aliphatic hydroxyl groups excluding tert-OH is 3. The van der Waals surface area contributed by atoms with E-state index in [2.05, 4.69) is 26.1 Å². The summed E-state index contributed by atoms with van der Waals surface area (Å²) in [5, 5.41) is 44.4. The fourth-order valence-electron chi connectivity index (χ4n) is 8.95. The zero-order valence-corrected chi connectivity index (χ0v) is 20.4. The van der Waals surface area contributed by atoms with Gasteiger partial charge >= 0.3 is 5.97 Å². The summed E-state index contributed by atoms with van der Waals surface area (Å²) in [5.41, 5.74) is -0.214. The van der Waals surface area contributed by atoms with Gasteiger partial charge in [0.2, 0.25) is 5.91 Å². The smallest absolute Gasteiger partial charge is 0.322 e. The van der Waals surface area contributed by atoms with Crippen molar-refractivity contribution in [2.45, 2.75) is 96.9 Å². The standard InChI is InChI=1S/C26H43NO6/c1-14(4-7-22(31)27-13-23(32)33)17-5-6-18-24-19(12-21(30)26(17,18)3)25(2)9-8-16(28)10-15(25)11-20(24)29/h14-21,24,28-30H,4-13H2,1-3H3,(H,27,31)(H,32,33)/t14-,15+,16-,17-,18+,19+,20?,21+,24?,25?,26-/m1/s1. The average Bonchev–Trinajstić information content (AvgIpc) is 3.11. The van der Waals surface area contributed by atoms with Gasteiger partial charge in [0.05, 0.1) is 18.3 Å². The van der Waals surface area contributed by atoms with E-state index in [1.807, 2.05) is 0 Å². The monoisotopic (exact) mass is 465 g/mol. The van der Waals surface area contributed by atoms with E-state index >= 15 is 0 Å². The van der Waals surface area contributed by atoms with Gasteiger partial charge in [-0.15, -0.1) is 0 Å². The van der Waals surface area contributed by atoms with Crippen LogP contribution in [0.3, 0.4) is 0 Å². The van der Waals surface area contributed by atoms with Crippen LogP contribution in [0.25, 0.3) is 0 Å². The molecule has 1 amide bonds. The minimum absolute atomic E-state index is 0.0668. The zero-order chi connectivity index (χ0) is 24.1. The van der Waals surface area contributed by atoms with E-state index in [1.165, 1.54) is 0 Å². The lowest BCUT2D eigenvalue weighted by atomic mass is 9.43. The predicted octanol–water partition coefficient (Wildman–Crippen LogP) is 2.56. The van der Waals surface area contributed by atoms with E-state index in [-0.39, 0.29) is 65.1 Å². The van der Waals surface area contributed by atoms with Crippen LogP contribution in [0.1, 0.15) is 78.6 Å². The SMILES string of the molecule is C[C@H](CCC(=O)NCC(=O)O)[C@H]1CC[C@H]2C3C(O)C[C@@H]4C[C@H](O)CCC4(C)[C@H]3C[C@H](O)[C@]12C. The molecule has 4 saturated carbocycles. The van der Waals surface area contributed by atoms with Crippen molar-refractivity contribution in [1.29, 1.82) is 0 Å². The van der Waals surface area contributed by atoms with Crippen LogP contribution in [-0.4, -0.2) is 57.2 Å². The Bertz CT molecular complexity index is 759. The molecule has 0 aromatic rings. The molecular weight excluding hydrogens is 422 g/mol. The molecule has 0 spiro atoms. The van der Waals surface area contributed by atoms with Gasteiger partial charge in [0.25, 0.3) is 0 Å². The molecular formula is C26H43NO6. The van der Waals surface area contributed by atoms with Crippen LogP contribution in [-0.2, 0) is 9.59 Å². The fourth-order valence-corrected chi connectivity index (χ4v) is 8.95. The number of carboxylic acids is 1. The Morgan fingerprint density at radius 3 is 2.45 bits per heavy atom. The van der Waals surface area contributed by atoms with Crippen molar-refractivity contribution in [1.82, 2.24) is 5.32 Å². The number of fused-ring (bicyclic) bond motifs is 5. The summed E-state index contributed by atoms with van der Waals surface area (Å²) in [6.45, 7) is 6.35. The summed E-state index contributed by atoms with van der Waals surface area (Å²) in [6.07, 6.45) is 5.86. The maximum absolute atomic E-state index is 12.0. The number of aliphatic carboxylic acids is 1. The third-order valence-electron chi connectivity index (χ3n) is 10.8. The maximum atomic E-state index is 12.0. The largest absolute Gasteiger partial charge is 0.480 e. The van der Waals surface area contributed by atoms with Gasteiger partial charge in [-0.1, -0.05) is 20.8 Å². The van der Waals surface area contributed by atoms with Crippen molar-refractivity contribution in [2.75, 3.05) is 6.54 Å². The molecule has 7 heteroatoms. The topological polar surface area (TPSA) is 127 Å². The van der Waals surface area contributed by atoms with E-state index in [4.69, 9.17) is 5.11 Å². The molecule has 0 bridgehead atoms. The van der Waals surface area contributed by atoms with E-state index in [1.54, 1.807) is 0 Å². The number of carbonyl (C=O) groups is 2. The van der Waals surface area contributed by atoms with Crippen LogP contribution in [0.5, 0.6) is 0 Å². The Morgan fingerprint density at radius 2 is 1.76 bits per heavy atom. The molecule has 0 aliphatic heterocycles. The molecule has 0 aromatic heterocycles. The number of aliphatic hydroxyl groups is 3. The summed E-state index contributed by atoms with van der Waals surface area (Å²) >= 11 is 0. The van der Waals surface area contributed by atoms with Crippen molar-refractivity contribution >= 4 is 11.9 Å². The lowest BCUT2D eigenvalue weighted by Crippen LogP contribution is -2.62. The predicted molar refractivity (Wildman–Crippen MR) is 123 cm³/mol. The van der Waals surface area contributed by atoms with Gasteiger partial charge in [-0.2, -0.15) is 0 Å². The van der Waals surface area contributed by atoms with E-state index in [0.717, 1.165) is 38.5 Å². The molecule has 5 N–H and O–H groups in total. The van der Waals surface area contributed by atoms with E-state index in [9.17, 15) is 24.9 Å². The van der Waals surface area contributed by atoms with Gasteiger partial charge in [-0.05, 0) is 97.7 Å². The lowest BCUT2D eigenvalue weighted by molar-refractivity contribution is -0.207. The van der Waals surface area contributed by atoms with Gasteiger partial charge in [-0.25, -0.2) is 0 Å². The quantitative estimate of drug-likeness (QED) is 0.410. The summed E-state index contributed by atoms with van der Waals surface area (Å²) in [4.78, 5) is 22.7. The van der Waals surface area contributed by atoms with Crippen LogP contribution < -0.4 is 5.32 Å². The van der Waals surface area contributed by atoms with Gasteiger partial charge in [0.1, 0.15) is 6.54 Å². The third-order valence-corrected chi connectivity index (χ3v) is 10.8. The van der Waals surface area contributed by atoms with Gasteiger partial charge in [0, 0.05) is 6.42 Å². The molecule has 0 aromatic carbocycles. The van der Waals surface area contributed by atoms with Crippen molar-refractivity contribution in [3.05, 3.63) is 0 Å². The summed E-state index contributed by atoms with van der Waals surface area (Å²) < 4.78 is 0. The molecule has 4 aliphatic carbocycles. The first-order chi connectivity index (χ1) is 15.5. The number of rotatable bonds is 6. The molecule has 0 radical (unpaired) electrons. The van der Waals surface area contributed by atoms with Gasteiger partial charge < -0.3 is 25.7 Å². The van der Waals surface area contributed by atoms with Gasteiger partial charge in [0.15, 0.2) is 0 Å². The second-order valence-electron chi connectivity index (χ2n) is 12.2. The van der Waals surface area contributed by atoms with E-state index in [0.29, 0.717) is 25.2 Å². The third kappa shape index (κ3) is 4.23. The molecule has 4 fully saturated rings. The average molecular weight is 466 g/mol. The number of amides is 1. The van der Waals surface area contributed by atoms with Crippen LogP contribution >= 0.6 is 0 Å². The molecule has 188 valence electrons. The molecule has 4 rings (SSSR count). The zero-order valence-electron chi connectivity index (χ0n) is 20.4. The van der Waals surface area contributed by atoms with Crippen LogP contribution in [0.4, 0.5) is 0 Å². The Hall–Kier alpha value is -1.18. The highest BCUT2D eigenvalue weighted by Crippen LogP contribution is 2.68. The number of carboxylic acid groups (broad SMARTS) is 1. The van der Waals surface area contributed by atoms with Crippen LogP contribution in [0.15, 0.2) is 0 Å². The lowest BCUT2D eigenvalue weighted by Gasteiger charge is -2.63. The summed E-state index contributed by atoms with van der Waals surface area (Å²) in [7, 11) is 0. The number of hydrogen-bond acceptors (Lipinski definition) is 5. The molecule has 3 unspecified atom stereocenters. The maximum Gasteiger partial charge on any atom is 0.322 e. The Morgan fingerprint density at radius 1 is 1.03 bits per heavy atom.